The van der Waals surface area contributed by atoms with Gasteiger partial charge in [-0.05, 0) is 18.2 Å². The summed E-state index contributed by atoms with van der Waals surface area (Å²) in [7, 11) is 1.61. The zero-order valence-electron chi connectivity index (χ0n) is 9.25. The Morgan fingerprint density at radius 2 is 2.41 bits per heavy atom. The first-order chi connectivity index (χ1) is 8.33. The number of ether oxygens (including phenoxy) is 1. The van der Waals surface area contributed by atoms with Crippen LogP contribution in [0.2, 0.25) is 0 Å². The minimum absolute atomic E-state index is 0.601. The van der Waals surface area contributed by atoms with Crippen molar-refractivity contribution in [3.63, 3.8) is 0 Å². The van der Waals surface area contributed by atoms with Crippen molar-refractivity contribution in [2.24, 2.45) is 0 Å². The molecule has 2 aromatic rings. The van der Waals surface area contributed by atoms with Crippen LogP contribution < -0.4 is 4.74 Å². The third-order valence-corrected chi connectivity index (χ3v) is 3.11. The first-order valence-electron chi connectivity index (χ1n) is 4.98. The second-order valence-corrected chi connectivity index (χ2v) is 4.20. The summed E-state index contributed by atoms with van der Waals surface area (Å²) < 4.78 is 10.4. The molecule has 0 radical (unpaired) electrons. The van der Waals surface area contributed by atoms with Gasteiger partial charge < -0.3 is 9.15 Å². The summed E-state index contributed by atoms with van der Waals surface area (Å²) in [5.41, 5.74) is 1.58. The van der Waals surface area contributed by atoms with E-state index >= 15 is 0 Å². The summed E-state index contributed by atoms with van der Waals surface area (Å²) in [6, 6.07) is 5.32. The van der Waals surface area contributed by atoms with Crippen molar-refractivity contribution in [3.05, 3.63) is 41.8 Å². The number of thioether (sulfide) groups is 1. The lowest BCUT2D eigenvalue weighted by atomic mass is 10.1. The molecule has 4 nitrogen and oxygen atoms in total. The van der Waals surface area contributed by atoms with Crippen molar-refractivity contribution in [2.75, 3.05) is 7.11 Å². The van der Waals surface area contributed by atoms with E-state index in [1.807, 2.05) is 6.07 Å². The van der Waals surface area contributed by atoms with Crippen LogP contribution in [0.15, 0.2) is 40.3 Å². The fourth-order valence-electron chi connectivity index (χ4n) is 1.41. The van der Waals surface area contributed by atoms with Gasteiger partial charge in [0.05, 0.1) is 13.3 Å². The largest absolute Gasteiger partial charge is 0.496 e. The van der Waals surface area contributed by atoms with Crippen LogP contribution in [0.3, 0.4) is 0 Å². The molecule has 1 aromatic carbocycles. The fraction of sp³-hybridized carbons (Fsp3) is 0.167. The molecule has 17 heavy (non-hydrogen) atoms. The zero-order valence-corrected chi connectivity index (χ0v) is 10.1. The molecule has 0 bridgehead atoms. The Morgan fingerprint density at radius 1 is 1.53 bits per heavy atom. The van der Waals surface area contributed by atoms with E-state index in [1.54, 1.807) is 25.4 Å². The van der Waals surface area contributed by atoms with Crippen LogP contribution in [-0.4, -0.2) is 18.4 Å². The Bertz CT molecular complexity index is 496. The quantitative estimate of drug-likeness (QED) is 0.602. The van der Waals surface area contributed by atoms with E-state index in [1.165, 1.54) is 18.0 Å². The SMILES string of the molecule is COc1ccc(C=O)cc1CSc1ncco1. The smallest absolute Gasteiger partial charge is 0.255 e. The maximum Gasteiger partial charge on any atom is 0.255 e. The predicted octanol–water partition coefficient (Wildman–Crippen LogP) is 2.79. The van der Waals surface area contributed by atoms with Crippen LogP contribution in [-0.2, 0) is 5.75 Å². The number of hydrogen-bond acceptors (Lipinski definition) is 5. The van der Waals surface area contributed by atoms with E-state index < -0.39 is 0 Å². The first kappa shape index (κ1) is 11.7. The number of benzene rings is 1. The summed E-state index contributed by atoms with van der Waals surface area (Å²) in [5, 5.41) is 0.601. The highest BCUT2D eigenvalue weighted by Gasteiger charge is 2.07. The highest BCUT2D eigenvalue weighted by Crippen LogP contribution is 2.27. The summed E-state index contributed by atoms with van der Waals surface area (Å²) in [5.74, 6) is 1.40. The molecular weight excluding hydrogens is 238 g/mol. The normalized spacial score (nSPS) is 10.2. The molecular formula is C12H11NO3S. The van der Waals surface area contributed by atoms with E-state index in [0.717, 1.165) is 17.6 Å². The van der Waals surface area contributed by atoms with E-state index in [4.69, 9.17) is 9.15 Å². The minimum Gasteiger partial charge on any atom is -0.496 e. The Kier molecular flexibility index (Phi) is 3.82. The minimum atomic E-state index is 0.601. The van der Waals surface area contributed by atoms with Crippen LogP contribution in [0.25, 0.3) is 0 Å². The predicted molar refractivity (Wildman–Crippen MR) is 64.4 cm³/mol. The number of oxazole rings is 1. The molecule has 1 aromatic heterocycles. The van der Waals surface area contributed by atoms with Gasteiger partial charge in [0.15, 0.2) is 0 Å². The Labute approximate surface area is 103 Å². The highest BCUT2D eigenvalue weighted by molar-refractivity contribution is 7.98. The average molecular weight is 249 g/mol. The van der Waals surface area contributed by atoms with Crippen molar-refractivity contribution >= 4 is 18.0 Å². The molecule has 2 rings (SSSR count). The van der Waals surface area contributed by atoms with Gasteiger partial charge in [-0.15, -0.1) is 0 Å². The summed E-state index contributed by atoms with van der Waals surface area (Å²) in [4.78, 5) is 14.7. The molecule has 0 amide bonds. The molecule has 0 saturated heterocycles. The number of methoxy groups -OCH3 is 1. The van der Waals surface area contributed by atoms with Crippen molar-refractivity contribution in [1.29, 1.82) is 0 Å². The van der Waals surface area contributed by atoms with E-state index in [-0.39, 0.29) is 0 Å². The number of hydrogen-bond donors (Lipinski definition) is 0. The van der Waals surface area contributed by atoms with Crippen molar-refractivity contribution in [3.8, 4) is 5.75 Å². The van der Waals surface area contributed by atoms with Gasteiger partial charge in [-0.1, -0.05) is 11.8 Å². The van der Waals surface area contributed by atoms with E-state index in [0.29, 0.717) is 16.5 Å². The molecule has 0 N–H and O–H groups in total. The molecule has 0 aliphatic carbocycles. The first-order valence-corrected chi connectivity index (χ1v) is 5.96. The van der Waals surface area contributed by atoms with Gasteiger partial charge in [0.25, 0.3) is 5.22 Å². The number of nitrogens with zero attached hydrogens (tertiary/aromatic N) is 1. The highest BCUT2D eigenvalue weighted by atomic mass is 32.2. The maximum absolute atomic E-state index is 10.7. The summed E-state index contributed by atoms with van der Waals surface area (Å²) in [6.07, 6.45) is 3.95. The Balaban J connectivity index is 2.15. The number of carbonyl (C=O) groups is 1. The van der Waals surface area contributed by atoms with Gasteiger partial charge in [-0.2, -0.15) is 0 Å². The molecule has 0 spiro atoms. The molecule has 0 saturated carbocycles. The van der Waals surface area contributed by atoms with E-state index in [2.05, 4.69) is 4.98 Å². The van der Waals surface area contributed by atoms with Gasteiger partial charge in [0.2, 0.25) is 0 Å². The van der Waals surface area contributed by atoms with Crippen molar-refractivity contribution in [1.82, 2.24) is 4.98 Å². The Hall–Kier alpha value is -1.75. The zero-order chi connectivity index (χ0) is 12.1. The molecule has 88 valence electrons. The molecule has 0 atom stereocenters. The molecule has 0 unspecified atom stereocenters. The van der Waals surface area contributed by atoms with Crippen LogP contribution >= 0.6 is 11.8 Å². The topological polar surface area (TPSA) is 52.3 Å². The van der Waals surface area contributed by atoms with Crippen molar-refractivity contribution in [2.45, 2.75) is 11.0 Å². The Morgan fingerprint density at radius 3 is 3.06 bits per heavy atom. The van der Waals surface area contributed by atoms with Crippen molar-refractivity contribution < 1.29 is 13.9 Å². The lowest BCUT2D eigenvalue weighted by Crippen LogP contribution is -1.92. The summed E-state index contributed by atoms with van der Waals surface area (Å²) in [6.45, 7) is 0. The monoisotopic (exact) mass is 249 g/mol. The molecule has 1 heterocycles. The van der Waals surface area contributed by atoms with Crippen LogP contribution in [0.5, 0.6) is 5.75 Å². The van der Waals surface area contributed by atoms with Crippen LogP contribution in [0.1, 0.15) is 15.9 Å². The lowest BCUT2D eigenvalue weighted by Gasteiger charge is -2.07. The molecule has 0 aliphatic heterocycles. The van der Waals surface area contributed by atoms with Gasteiger partial charge in [-0.25, -0.2) is 4.98 Å². The summed E-state index contributed by atoms with van der Waals surface area (Å²) >= 11 is 1.46. The number of aromatic nitrogens is 1. The van der Waals surface area contributed by atoms with Crippen LogP contribution in [0, 0.1) is 0 Å². The fourth-order valence-corrected chi connectivity index (χ4v) is 2.17. The molecule has 0 fully saturated rings. The van der Waals surface area contributed by atoms with Gasteiger partial charge >= 0.3 is 0 Å². The van der Waals surface area contributed by atoms with Crippen LogP contribution in [0.4, 0.5) is 0 Å². The standard InChI is InChI=1S/C12H11NO3S/c1-15-11-3-2-9(7-14)6-10(11)8-17-12-13-4-5-16-12/h2-7H,8H2,1H3. The number of aldehydes is 1. The molecule has 0 aliphatic rings. The van der Waals surface area contributed by atoms with E-state index in [9.17, 15) is 4.79 Å². The lowest BCUT2D eigenvalue weighted by molar-refractivity contribution is 0.112. The average Bonchev–Trinajstić information content (AvgIpc) is 2.89. The maximum atomic E-state index is 10.7. The second-order valence-electron chi connectivity index (χ2n) is 3.28. The third kappa shape index (κ3) is 2.88. The number of carbonyl (C=O) groups excluding carboxylic acids is 1. The van der Waals surface area contributed by atoms with Gasteiger partial charge in [0, 0.05) is 16.9 Å². The number of rotatable bonds is 5. The molecule has 5 heteroatoms. The third-order valence-electron chi connectivity index (χ3n) is 2.20. The van der Waals surface area contributed by atoms with Gasteiger partial charge in [0.1, 0.15) is 18.3 Å². The van der Waals surface area contributed by atoms with Gasteiger partial charge in [-0.3, -0.25) is 4.79 Å². The second kappa shape index (κ2) is 5.54.